The van der Waals surface area contributed by atoms with E-state index in [0.29, 0.717) is 15.0 Å². The van der Waals surface area contributed by atoms with Crippen LogP contribution in [0.4, 0.5) is 10.1 Å². The Labute approximate surface area is 171 Å². The summed E-state index contributed by atoms with van der Waals surface area (Å²) in [4.78, 5) is 25.2. The molecule has 3 aromatic heterocycles. The quantitative estimate of drug-likeness (QED) is 0.522. The first kappa shape index (κ1) is 18.8. The lowest BCUT2D eigenvalue weighted by molar-refractivity contribution is 0.635. The zero-order chi connectivity index (χ0) is 20.0. The molecule has 1 atom stereocenters. The number of aromatic nitrogens is 6. The molecule has 1 unspecified atom stereocenters. The summed E-state index contributed by atoms with van der Waals surface area (Å²) in [6.45, 7) is 1.83. The van der Waals surface area contributed by atoms with Gasteiger partial charge in [0.1, 0.15) is 27.5 Å². The van der Waals surface area contributed by atoms with Crippen LogP contribution in [0.5, 0.6) is 0 Å². The third kappa shape index (κ3) is 3.23. The molecule has 8 nitrogen and oxygen atoms in total. The second-order valence-corrected chi connectivity index (χ2v) is 7.93. The van der Waals surface area contributed by atoms with Crippen molar-refractivity contribution in [3.8, 4) is 5.95 Å². The number of fused-ring (bicyclic) bond motifs is 1. The summed E-state index contributed by atoms with van der Waals surface area (Å²) in [7, 11) is 1.64. The highest BCUT2D eigenvalue weighted by Crippen LogP contribution is 2.33. The van der Waals surface area contributed by atoms with Crippen LogP contribution in [-0.4, -0.2) is 29.3 Å². The van der Waals surface area contributed by atoms with Gasteiger partial charge in [-0.1, -0.05) is 23.2 Å². The molecule has 0 fully saturated rings. The largest absolute Gasteiger partial charge is 0.376 e. The van der Waals surface area contributed by atoms with Crippen molar-refractivity contribution in [3.63, 3.8) is 0 Å². The van der Waals surface area contributed by atoms with E-state index in [0.717, 1.165) is 0 Å². The van der Waals surface area contributed by atoms with Crippen molar-refractivity contribution in [2.75, 3.05) is 5.32 Å². The summed E-state index contributed by atoms with van der Waals surface area (Å²) in [5.41, 5.74) is -0.0897. The van der Waals surface area contributed by atoms with Gasteiger partial charge < -0.3 is 5.32 Å². The highest BCUT2D eigenvalue weighted by atomic mass is 35.5. The number of nitrogens with one attached hydrogen (secondary N) is 1. The normalized spacial score (nSPS) is 12.5. The van der Waals surface area contributed by atoms with Gasteiger partial charge in [0, 0.05) is 12.7 Å². The SMILES string of the molecule is CC(Nc1cc(F)c2ncn(-c3ncnn3C)c(=O)c2c1)c1nc(Cl)c(Cl)s1. The van der Waals surface area contributed by atoms with Crippen molar-refractivity contribution in [2.24, 2.45) is 7.05 Å². The molecule has 0 saturated carbocycles. The van der Waals surface area contributed by atoms with Crippen molar-refractivity contribution in [1.82, 2.24) is 29.3 Å². The standard InChI is InChI=1S/C16H12Cl2FN7OS/c1-7(14-24-12(17)13(18)28-14)23-8-3-9-11(10(19)4-8)21-6-26(15(9)27)16-20-5-22-25(16)2/h3-7,23H,1-2H3. The third-order valence-electron chi connectivity index (χ3n) is 4.04. The predicted octanol–water partition coefficient (Wildman–Crippen LogP) is 3.59. The van der Waals surface area contributed by atoms with Crippen LogP contribution >= 0.6 is 34.5 Å². The van der Waals surface area contributed by atoms with Crippen molar-refractivity contribution >= 4 is 51.1 Å². The monoisotopic (exact) mass is 439 g/mol. The Hall–Kier alpha value is -2.56. The van der Waals surface area contributed by atoms with E-state index >= 15 is 0 Å². The first-order chi connectivity index (χ1) is 13.3. The van der Waals surface area contributed by atoms with E-state index in [1.807, 2.05) is 6.92 Å². The van der Waals surface area contributed by atoms with Gasteiger partial charge in [0.15, 0.2) is 11.0 Å². The van der Waals surface area contributed by atoms with Gasteiger partial charge in [0.05, 0.1) is 11.4 Å². The molecular weight excluding hydrogens is 428 g/mol. The van der Waals surface area contributed by atoms with Gasteiger partial charge in [-0.25, -0.2) is 23.6 Å². The van der Waals surface area contributed by atoms with E-state index in [1.165, 1.54) is 45.4 Å². The predicted molar refractivity (Wildman–Crippen MR) is 106 cm³/mol. The molecule has 0 amide bonds. The van der Waals surface area contributed by atoms with Gasteiger partial charge >= 0.3 is 0 Å². The molecule has 28 heavy (non-hydrogen) atoms. The van der Waals surface area contributed by atoms with Crippen LogP contribution in [0.2, 0.25) is 9.49 Å². The molecule has 0 aliphatic heterocycles. The zero-order valence-electron chi connectivity index (χ0n) is 14.5. The van der Waals surface area contributed by atoms with Crippen molar-refractivity contribution in [3.05, 3.63) is 55.5 Å². The fourth-order valence-corrected chi connectivity index (χ4v) is 3.94. The summed E-state index contributed by atoms with van der Waals surface area (Å²) in [5, 5.41) is 8.00. The van der Waals surface area contributed by atoms with Gasteiger partial charge in [0.2, 0.25) is 5.95 Å². The molecule has 0 spiro atoms. The second-order valence-electron chi connectivity index (χ2n) is 5.94. The Balaban J connectivity index is 1.77. The average molecular weight is 440 g/mol. The molecular formula is C16H12Cl2FN7OS. The van der Waals surface area contributed by atoms with Gasteiger partial charge in [-0.15, -0.1) is 11.3 Å². The lowest BCUT2D eigenvalue weighted by atomic mass is 10.2. The molecule has 4 aromatic rings. The smallest absolute Gasteiger partial charge is 0.268 e. The van der Waals surface area contributed by atoms with Gasteiger partial charge in [0.25, 0.3) is 5.56 Å². The Morgan fingerprint density at radius 3 is 2.71 bits per heavy atom. The van der Waals surface area contributed by atoms with Crippen LogP contribution in [-0.2, 0) is 7.05 Å². The zero-order valence-corrected chi connectivity index (χ0v) is 16.8. The minimum atomic E-state index is -0.621. The van der Waals surface area contributed by atoms with E-state index in [4.69, 9.17) is 23.2 Å². The van der Waals surface area contributed by atoms with E-state index < -0.39 is 11.4 Å². The Kier molecular flexibility index (Phi) is 4.77. The molecule has 0 bridgehead atoms. The maximum absolute atomic E-state index is 14.6. The molecule has 0 radical (unpaired) electrons. The summed E-state index contributed by atoms with van der Waals surface area (Å²) < 4.78 is 17.6. The first-order valence-electron chi connectivity index (χ1n) is 7.98. The average Bonchev–Trinajstić information content (AvgIpc) is 3.22. The molecule has 1 aromatic carbocycles. The fourth-order valence-electron chi connectivity index (χ4n) is 2.72. The second kappa shape index (κ2) is 7.12. The first-order valence-corrected chi connectivity index (χ1v) is 9.56. The molecule has 0 saturated heterocycles. The van der Waals surface area contributed by atoms with Gasteiger partial charge in [-0.05, 0) is 19.1 Å². The fraction of sp³-hybridized carbons (Fsp3) is 0.188. The van der Waals surface area contributed by atoms with Crippen LogP contribution in [0.15, 0.2) is 29.6 Å². The molecule has 12 heteroatoms. The number of rotatable bonds is 4. The summed E-state index contributed by atoms with van der Waals surface area (Å²) in [6.07, 6.45) is 2.55. The Bertz CT molecular complexity index is 1230. The van der Waals surface area contributed by atoms with E-state index in [-0.39, 0.29) is 28.0 Å². The molecule has 144 valence electrons. The van der Waals surface area contributed by atoms with Gasteiger partial charge in [-0.3, -0.25) is 4.79 Å². The highest BCUT2D eigenvalue weighted by Gasteiger charge is 2.17. The lowest BCUT2D eigenvalue weighted by Crippen LogP contribution is -2.22. The molecule has 4 rings (SSSR count). The van der Waals surface area contributed by atoms with Gasteiger partial charge in [-0.2, -0.15) is 10.1 Å². The topological polar surface area (TPSA) is 90.5 Å². The number of halogens is 3. The minimum Gasteiger partial charge on any atom is -0.376 e. The number of aryl methyl sites for hydroxylation is 1. The van der Waals surface area contributed by atoms with Crippen molar-refractivity contribution in [1.29, 1.82) is 0 Å². The van der Waals surface area contributed by atoms with Crippen LogP contribution in [0.25, 0.3) is 16.9 Å². The molecule has 1 N–H and O–H groups in total. The lowest BCUT2D eigenvalue weighted by Gasteiger charge is -2.14. The van der Waals surface area contributed by atoms with Crippen molar-refractivity contribution < 1.29 is 4.39 Å². The number of benzene rings is 1. The van der Waals surface area contributed by atoms with Crippen LogP contribution < -0.4 is 10.9 Å². The van der Waals surface area contributed by atoms with E-state index in [2.05, 4.69) is 25.4 Å². The number of thiazole rings is 1. The van der Waals surface area contributed by atoms with Crippen LogP contribution in [0.1, 0.15) is 18.0 Å². The van der Waals surface area contributed by atoms with E-state index in [1.54, 1.807) is 7.05 Å². The Morgan fingerprint density at radius 1 is 1.29 bits per heavy atom. The molecule has 0 aliphatic rings. The van der Waals surface area contributed by atoms with Crippen molar-refractivity contribution in [2.45, 2.75) is 13.0 Å². The summed E-state index contributed by atoms with van der Waals surface area (Å²) >= 11 is 13.1. The molecule has 0 aliphatic carbocycles. The van der Waals surface area contributed by atoms with Crippen LogP contribution in [0, 0.1) is 5.82 Å². The molecule has 3 heterocycles. The number of hydrogen-bond donors (Lipinski definition) is 1. The highest BCUT2D eigenvalue weighted by molar-refractivity contribution is 7.16. The maximum atomic E-state index is 14.6. The third-order valence-corrected chi connectivity index (χ3v) is 5.96. The van der Waals surface area contributed by atoms with Crippen LogP contribution in [0.3, 0.4) is 0 Å². The maximum Gasteiger partial charge on any atom is 0.268 e. The Morgan fingerprint density at radius 2 is 2.07 bits per heavy atom. The summed E-state index contributed by atoms with van der Waals surface area (Å²) in [6, 6.07) is 2.51. The number of hydrogen-bond acceptors (Lipinski definition) is 7. The summed E-state index contributed by atoms with van der Waals surface area (Å²) in [5.74, 6) is -0.344. The number of nitrogens with zero attached hydrogens (tertiary/aromatic N) is 6. The van der Waals surface area contributed by atoms with E-state index in [9.17, 15) is 9.18 Å². The number of anilines is 1. The minimum absolute atomic E-state index is 0.0260.